The Balaban J connectivity index is 1.20. The third-order valence-corrected chi connectivity index (χ3v) is 7.62. The third kappa shape index (κ3) is 5.22. The Morgan fingerprint density at radius 1 is 1.12 bits per heavy atom. The molecule has 8 nitrogen and oxygen atoms in total. The van der Waals surface area contributed by atoms with Crippen molar-refractivity contribution in [3.05, 3.63) is 63.0 Å². The summed E-state index contributed by atoms with van der Waals surface area (Å²) in [5.41, 5.74) is 2.15. The number of hydrogen-bond donors (Lipinski definition) is 0. The van der Waals surface area contributed by atoms with Gasteiger partial charge in [-0.05, 0) is 24.0 Å². The molecule has 0 unspecified atom stereocenters. The first kappa shape index (κ1) is 23.2. The van der Waals surface area contributed by atoms with Crippen LogP contribution in [-0.2, 0) is 40.4 Å². The minimum absolute atomic E-state index is 0.0208. The molecule has 3 aromatic rings. The molecule has 4 heterocycles. The van der Waals surface area contributed by atoms with Crippen molar-refractivity contribution in [1.82, 2.24) is 19.4 Å². The number of benzene rings is 1. The highest BCUT2D eigenvalue weighted by atomic mass is 32.1. The van der Waals surface area contributed by atoms with Crippen LogP contribution < -0.4 is 5.56 Å². The van der Waals surface area contributed by atoms with E-state index in [1.807, 2.05) is 35.2 Å². The Kier molecular flexibility index (Phi) is 7.34. The number of ether oxygens (including phenoxy) is 2. The van der Waals surface area contributed by atoms with Crippen LogP contribution in [0.3, 0.4) is 0 Å². The number of amides is 1. The fourth-order valence-electron chi connectivity index (χ4n) is 4.60. The van der Waals surface area contributed by atoms with Crippen molar-refractivity contribution in [2.24, 2.45) is 0 Å². The summed E-state index contributed by atoms with van der Waals surface area (Å²) in [5, 5.41) is 0.737. The molecule has 0 aliphatic carbocycles. The second-order valence-electron chi connectivity index (χ2n) is 8.78. The van der Waals surface area contributed by atoms with Crippen LogP contribution in [0, 0.1) is 0 Å². The minimum Gasteiger partial charge on any atom is -0.379 e. The summed E-state index contributed by atoms with van der Waals surface area (Å²) in [7, 11) is 0. The van der Waals surface area contributed by atoms with Gasteiger partial charge in [0.05, 0.1) is 38.1 Å². The zero-order valence-corrected chi connectivity index (χ0v) is 20.1. The van der Waals surface area contributed by atoms with E-state index in [9.17, 15) is 9.59 Å². The third-order valence-electron chi connectivity index (χ3n) is 6.49. The average molecular weight is 483 g/mol. The van der Waals surface area contributed by atoms with Gasteiger partial charge < -0.3 is 14.4 Å². The normalized spacial score (nSPS) is 16.6. The van der Waals surface area contributed by atoms with Crippen molar-refractivity contribution in [2.45, 2.75) is 32.5 Å². The molecular weight excluding hydrogens is 452 g/mol. The molecule has 1 aromatic carbocycles. The molecule has 0 N–H and O–H groups in total. The zero-order chi connectivity index (χ0) is 23.3. The van der Waals surface area contributed by atoms with Gasteiger partial charge in [-0.3, -0.25) is 19.1 Å². The zero-order valence-electron chi connectivity index (χ0n) is 19.3. The fraction of sp³-hybridized carbons (Fsp3) is 0.480. The van der Waals surface area contributed by atoms with Gasteiger partial charge >= 0.3 is 0 Å². The maximum absolute atomic E-state index is 13.2. The number of aryl methyl sites for hydroxylation is 1. The van der Waals surface area contributed by atoms with Gasteiger partial charge in [-0.25, -0.2) is 4.98 Å². The van der Waals surface area contributed by atoms with Crippen LogP contribution in [-0.4, -0.2) is 71.3 Å². The van der Waals surface area contributed by atoms with Crippen molar-refractivity contribution < 1.29 is 14.3 Å². The quantitative estimate of drug-likeness (QED) is 0.490. The number of hydrogen-bond acceptors (Lipinski definition) is 7. The van der Waals surface area contributed by atoms with E-state index in [1.165, 1.54) is 11.3 Å². The first-order valence-corrected chi connectivity index (χ1v) is 12.7. The highest BCUT2D eigenvalue weighted by Crippen LogP contribution is 2.32. The van der Waals surface area contributed by atoms with Gasteiger partial charge in [-0.2, -0.15) is 0 Å². The number of thiophene rings is 1. The molecule has 5 rings (SSSR count). The highest BCUT2D eigenvalue weighted by molar-refractivity contribution is 7.18. The standard InChI is InChI=1S/C25H30N4O4S/c30-22(17-33-16-19-5-2-1-3-6-19)28-10-7-20-21(15-28)34-24-23(20)25(31)29(18-26-24)9-4-8-27-11-13-32-14-12-27/h1-3,5-6,18H,4,7-17H2. The van der Waals surface area contributed by atoms with Gasteiger partial charge in [0.25, 0.3) is 5.56 Å². The topological polar surface area (TPSA) is 76.9 Å². The summed E-state index contributed by atoms with van der Waals surface area (Å²) < 4.78 is 12.8. The van der Waals surface area contributed by atoms with E-state index in [-0.39, 0.29) is 18.1 Å². The Morgan fingerprint density at radius 3 is 2.76 bits per heavy atom. The molecule has 2 aromatic heterocycles. The lowest BCUT2D eigenvalue weighted by atomic mass is 10.1. The predicted molar refractivity (Wildman–Crippen MR) is 131 cm³/mol. The number of morpholine rings is 1. The number of fused-ring (bicyclic) bond motifs is 3. The lowest BCUT2D eigenvalue weighted by Gasteiger charge is -2.27. The Hall–Kier alpha value is -2.59. The highest BCUT2D eigenvalue weighted by Gasteiger charge is 2.26. The van der Waals surface area contributed by atoms with Gasteiger partial charge in [0.1, 0.15) is 11.4 Å². The smallest absolute Gasteiger partial charge is 0.262 e. The van der Waals surface area contributed by atoms with Crippen molar-refractivity contribution in [3.8, 4) is 0 Å². The van der Waals surface area contributed by atoms with Crippen LogP contribution in [0.25, 0.3) is 10.2 Å². The number of carbonyl (C=O) groups is 1. The molecule has 1 fully saturated rings. The van der Waals surface area contributed by atoms with Crippen LogP contribution in [0.1, 0.15) is 22.4 Å². The summed E-state index contributed by atoms with van der Waals surface area (Å²) >= 11 is 1.53. The molecule has 9 heteroatoms. The van der Waals surface area contributed by atoms with Gasteiger partial charge in [0, 0.05) is 37.6 Å². The molecule has 34 heavy (non-hydrogen) atoms. The van der Waals surface area contributed by atoms with E-state index in [0.717, 1.165) is 65.5 Å². The number of nitrogens with zero attached hydrogens (tertiary/aromatic N) is 4. The predicted octanol–water partition coefficient (Wildman–Crippen LogP) is 2.28. The Morgan fingerprint density at radius 2 is 1.94 bits per heavy atom. The molecule has 1 amide bonds. The summed E-state index contributed by atoms with van der Waals surface area (Å²) in [6.07, 6.45) is 3.26. The minimum atomic E-state index is -0.0208. The van der Waals surface area contributed by atoms with Crippen molar-refractivity contribution in [1.29, 1.82) is 0 Å². The van der Waals surface area contributed by atoms with E-state index >= 15 is 0 Å². The molecule has 1 saturated heterocycles. The van der Waals surface area contributed by atoms with Gasteiger partial charge in [0.15, 0.2) is 0 Å². The fourth-order valence-corrected chi connectivity index (χ4v) is 5.80. The van der Waals surface area contributed by atoms with Crippen LogP contribution in [0.2, 0.25) is 0 Å². The summed E-state index contributed by atoms with van der Waals surface area (Å²) in [6.45, 7) is 6.69. The number of aromatic nitrogens is 2. The second-order valence-corrected chi connectivity index (χ2v) is 9.86. The van der Waals surface area contributed by atoms with Crippen molar-refractivity contribution in [2.75, 3.05) is 46.0 Å². The maximum Gasteiger partial charge on any atom is 0.262 e. The number of carbonyl (C=O) groups excluding carboxylic acids is 1. The van der Waals surface area contributed by atoms with E-state index in [1.54, 1.807) is 10.9 Å². The van der Waals surface area contributed by atoms with Crippen molar-refractivity contribution in [3.63, 3.8) is 0 Å². The number of rotatable bonds is 8. The van der Waals surface area contributed by atoms with Crippen LogP contribution in [0.5, 0.6) is 0 Å². The SMILES string of the molecule is O=C(COCc1ccccc1)N1CCc2c(sc3ncn(CCCN4CCOCC4)c(=O)c23)C1. The summed E-state index contributed by atoms with van der Waals surface area (Å²) in [6, 6.07) is 9.84. The van der Waals surface area contributed by atoms with Crippen molar-refractivity contribution >= 4 is 27.5 Å². The first-order chi connectivity index (χ1) is 16.7. The van der Waals surface area contributed by atoms with Gasteiger partial charge in [0.2, 0.25) is 5.91 Å². The molecule has 0 bridgehead atoms. The maximum atomic E-state index is 13.2. The molecule has 0 spiro atoms. The molecule has 0 radical (unpaired) electrons. The molecule has 0 saturated carbocycles. The summed E-state index contributed by atoms with van der Waals surface area (Å²) in [4.78, 5) is 36.5. The second kappa shape index (κ2) is 10.8. The molecule has 2 aliphatic heterocycles. The van der Waals surface area contributed by atoms with Crippen LogP contribution in [0.15, 0.2) is 41.5 Å². The van der Waals surface area contributed by atoms with Gasteiger partial charge in [-0.1, -0.05) is 30.3 Å². The van der Waals surface area contributed by atoms with E-state index in [2.05, 4.69) is 9.88 Å². The van der Waals surface area contributed by atoms with E-state index in [0.29, 0.717) is 32.7 Å². The van der Waals surface area contributed by atoms with Gasteiger partial charge in [-0.15, -0.1) is 11.3 Å². The molecule has 0 atom stereocenters. The Bertz CT molecular complexity index is 1190. The lowest BCUT2D eigenvalue weighted by molar-refractivity contribution is -0.137. The lowest BCUT2D eigenvalue weighted by Crippen LogP contribution is -2.38. The largest absolute Gasteiger partial charge is 0.379 e. The van der Waals surface area contributed by atoms with Crippen LogP contribution >= 0.6 is 11.3 Å². The monoisotopic (exact) mass is 482 g/mol. The van der Waals surface area contributed by atoms with Crippen LogP contribution in [0.4, 0.5) is 0 Å². The average Bonchev–Trinajstić information content (AvgIpc) is 3.25. The molecule has 180 valence electrons. The summed E-state index contributed by atoms with van der Waals surface area (Å²) in [5.74, 6) is -0.0208. The molecular formula is C25H30N4O4S. The van der Waals surface area contributed by atoms with E-state index < -0.39 is 0 Å². The Labute approximate surface area is 202 Å². The first-order valence-electron chi connectivity index (χ1n) is 11.9. The van der Waals surface area contributed by atoms with E-state index in [4.69, 9.17) is 9.47 Å². The molecule has 2 aliphatic rings.